The van der Waals surface area contributed by atoms with E-state index in [1.54, 1.807) is 13.8 Å². The molecule has 0 aliphatic carbocycles. The van der Waals surface area contributed by atoms with Gasteiger partial charge in [-0.1, -0.05) is 44.2 Å². The molecular formula is C18H28N2O3. The highest BCUT2D eigenvalue weighted by molar-refractivity contribution is 5.83. The number of aliphatic carboxylic acids is 1. The van der Waals surface area contributed by atoms with E-state index in [9.17, 15) is 9.59 Å². The average Bonchev–Trinajstić information content (AvgIpc) is 2.49. The Labute approximate surface area is 138 Å². The third-order valence-electron chi connectivity index (χ3n) is 3.83. The van der Waals surface area contributed by atoms with Crippen molar-refractivity contribution >= 4 is 11.9 Å². The second kappa shape index (κ2) is 9.30. The molecule has 5 nitrogen and oxygen atoms in total. The van der Waals surface area contributed by atoms with Gasteiger partial charge in [0, 0.05) is 25.6 Å². The van der Waals surface area contributed by atoms with Crippen LogP contribution >= 0.6 is 0 Å². The van der Waals surface area contributed by atoms with Crippen LogP contribution < -0.4 is 5.32 Å². The fourth-order valence-corrected chi connectivity index (χ4v) is 2.34. The Kier molecular flexibility index (Phi) is 7.75. The Hall–Kier alpha value is -1.88. The van der Waals surface area contributed by atoms with Gasteiger partial charge in [-0.15, -0.1) is 0 Å². The van der Waals surface area contributed by atoms with Crippen molar-refractivity contribution in [3.05, 3.63) is 35.9 Å². The van der Waals surface area contributed by atoms with E-state index in [-0.39, 0.29) is 11.8 Å². The van der Waals surface area contributed by atoms with Crippen molar-refractivity contribution in [1.29, 1.82) is 0 Å². The minimum absolute atomic E-state index is 0.137. The van der Waals surface area contributed by atoms with Crippen molar-refractivity contribution in [2.75, 3.05) is 6.54 Å². The number of carboxylic acids is 1. The van der Waals surface area contributed by atoms with Crippen LogP contribution in [-0.4, -0.2) is 40.5 Å². The Bertz CT molecular complexity index is 500. The van der Waals surface area contributed by atoms with E-state index < -0.39 is 12.0 Å². The average molecular weight is 320 g/mol. The molecule has 0 saturated heterocycles. The molecule has 23 heavy (non-hydrogen) atoms. The molecule has 0 fully saturated rings. The number of benzene rings is 1. The number of nitrogens with zero attached hydrogens (tertiary/aromatic N) is 1. The van der Waals surface area contributed by atoms with Gasteiger partial charge in [0.15, 0.2) is 0 Å². The highest BCUT2D eigenvalue weighted by Gasteiger charge is 2.23. The molecule has 1 aromatic carbocycles. The first-order valence-corrected chi connectivity index (χ1v) is 8.11. The highest BCUT2D eigenvalue weighted by atomic mass is 16.4. The second-order valence-electron chi connectivity index (χ2n) is 6.43. The van der Waals surface area contributed by atoms with Crippen molar-refractivity contribution < 1.29 is 14.7 Å². The van der Waals surface area contributed by atoms with E-state index in [0.29, 0.717) is 19.0 Å². The lowest BCUT2D eigenvalue weighted by Crippen LogP contribution is -2.45. The van der Waals surface area contributed by atoms with E-state index in [0.717, 1.165) is 6.54 Å². The fraction of sp³-hybridized carbons (Fsp3) is 0.556. The molecule has 0 heterocycles. The summed E-state index contributed by atoms with van der Waals surface area (Å²) in [6, 6.07) is 9.59. The minimum atomic E-state index is -0.988. The predicted molar refractivity (Wildman–Crippen MR) is 91.0 cm³/mol. The summed E-state index contributed by atoms with van der Waals surface area (Å²) < 4.78 is 0. The largest absolute Gasteiger partial charge is 0.480 e. The number of rotatable bonds is 9. The SMILES string of the molecule is CC(C)C(NC(=O)CCN(Cc1ccccc1)C(C)C)C(=O)O. The van der Waals surface area contributed by atoms with E-state index in [2.05, 4.69) is 36.2 Å². The first-order chi connectivity index (χ1) is 10.8. The first kappa shape index (κ1) is 19.2. The van der Waals surface area contributed by atoms with Crippen LogP contribution in [0.2, 0.25) is 0 Å². The molecular weight excluding hydrogens is 292 g/mol. The summed E-state index contributed by atoms with van der Waals surface area (Å²) in [7, 11) is 0. The van der Waals surface area contributed by atoms with E-state index in [1.165, 1.54) is 5.56 Å². The summed E-state index contributed by atoms with van der Waals surface area (Å²) in [4.78, 5) is 25.4. The van der Waals surface area contributed by atoms with Crippen LogP contribution in [0, 0.1) is 5.92 Å². The van der Waals surface area contributed by atoms with Crippen molar-refractivity contribution in [2.24, 2.45) is 5.92 Å². The normalized spacial score (nSPS) is 12.7. The molecule has 1 atom stereocenters. The number of carboxylic acid groups (broad SMARTS) is 1. The summed E-state index contributed by atoms with van der Waals surface area (Å²) in [6.45, 7) is 9.13. The summed E-state index contributed by atoms with van der Waals surface area (Å²) in [5.74, 6) is -1.34. The number of carbonyl (C=O) groups is 2. The lowest BCUT2D eigenvalue weighted by atomic mass is 10.0. The van der Waals surface area contributed by atoms with Gasteiger partial charge in [0.2, 0.25) is 5.91 Å². The topological polar surface area (TPSA) is 69.6 Å². The van der Waals surface area contributed by atoms with Gasteiger partial charge < -0.3 is 10.4 Å². The number of hydrogen-bond acceptors (Lipinski definition) is 3. The van der Waals surface area contributed by atoms with Gasteiger partial charge >= 0.3 is 5.97 Å². The molecule has 0 aliphatic heterocycles. The maximum atomic E-state index is 12.0. The number of amides is 1. The molecule has 0 aliphatic rings. The zero-order valence-electron chi connectivity index (χ0n) is 14.5. The molecule has 1 aromatic rings. The van der Waals surface area contributed by atoms with Gasteiger partial charge in [0.05, 0.1) is 0 Å². The molecule has 1 rings (SSSR count). The number of hydrogen-bond donors (Lipinski definition) is 2. The van der Waals surface area contributed by atoms with Crippen LogP contribution in [0.5, 0.6) is 0 Å². The molecule has 2 N–H and O–H groups in total. The van der Waals surface area contributed by atoms with Gasteiger partial charge in [-0.3, -0.25) is 9.69 Å². The minimum Gasteiger partial charge on any atom is -0.480 e. The van der Waals surface area contributed by atoms with Gasteiger partial charge in [-0.2, -0.15) is 0 Å². The number of carbonyl (C=O) groups excluding carboxylic acids is 1. The quantitative estimate of drug-likeness (QED) is 0.733. The predicted octanol–water partition coefficient (Wildman–Crippen LogP) is 2.51. The molecule has 0 aromatic heterocycles. The van der Waals surface area contributed by atoms with Crippen molar-refractivity contribution in [2.45, 2.75) is 52.7 Å². The Balaban J connectivity index is 2.55. The van der Waals surface area contributed by atoms with Gasteiger partial charge in [0.1, 0.15) is 6.04 Å². The lowest BCUT2D eigenvalue weighted by molar-refractivity contribution is -0.143. The van der Waals surface area contributed by atoms with Crippen LogP contribution in [0.15, 0.2) is 30.3 Å². The maximum absolute atomic E-state index is 12.0. The van der Waals surface area contributed by atoms with Crippen LogP contribution in [0.25, 0.3) is 0 Å². The molecule has 5 heteroatoms. The van der Waals surface area contributed by atoms with Crippen molar-refractivity contribution in [3.63, 3.8) is 0 Å². The summed E-state index contributed by atoms with van der Waals surface area (Å²) in [5.41, 5.74) is 1.20. The van der Waals surface area contributed by atoms with Crippen LogP contribution in [0.1, 0.15) is 39.7 Å². The molecule has 1 amide bonds. The Morgan fingerprint density at radius 1 is 1.13 bits per heavy atom. The molecule has 0 radical (unpaired) electrons. The van der Waals surface area contributed by atoms with Crippen LogP contribution in [0.3, 0.4) is 0 Å². The highest BCUT2D eigenvalue weighted by Crippen LogP contribution is 2.09. The maximum Gasteiger partial charge on any atom is 0.326 e. The Morgan fingerprint density at radius 2 is 1.74 bits per heavy atom. The van der Waals surface area contributed by atoms with E-state index in [1.807, 2.05) is 18.2 Å². The van der Waals surface area contributed by atoms with Crippen LogP contribution in [-0.2, 0) is 16.1 Å². The fourth-order valence-electron chi connectivity index (χ4n) is 2.34. The van der Waals surface area contributed by atoms with E-state index >= 15 is 0 Å². The first-order valence-electron chi connectivity index (χ1n) is 8.11. The Morgan fingerprint density at radius 3 is 2.22 bits per heavy atom. The molecule has 0 saturated carbocycles. The zero-order valence-corrected chi connectivity index (χ0v) is 14.5. The van der Waals surface area contributed by atoms with Gasteiger partial charge in [0.25, 0.3) is 0 Å². The van der Waals surface area contributed by atoms with E-state index in [4.69, 9.17) is 5.11 Å². The third kappa shape index (κ3) is 6.82. The monoisotopic (exact) mass is 320 g/mol. The summed E-state index contributed by atoms with van der Waals surface area (Å²) >= 11 is 0. The lowest BCUT2D eigenvalue weighted by Gasteiger charge is -2.27. The standard InChI is InChI=1S/C18H28N2O3/c1-13(2)17(18(22)23)19-16(21)10-11-20(14(3)4)12-15-8-6-5-7-9-15/h5-9,13-14,17H,10-12H2,1-4H3,(H,19,21)(H,22,23). The summed E-state index contributed by atoms with van der Waals surface area (Å²) in [5, 5.41) is 11.7. The number of nitrogens with one attached hydrogen (secondary N) is 1. The van der Waals surface area contributed by atoms with Crippen molar-refractivity contribution in [1.82, 2.24) is 10.2 Å². The second-order valence-corrected chi connectivity index (χ2v) is 6.43. The molecule has 0 spiro atoms. The van der Waals surface area contributed by atoms with Gasteiger partial charge in [-0.05, 0) is 25.3 Å². The third-order valence-corrected chi connectivity index (χ3v) is 3.83. The molecule has 0 bridgehead atoms. The smallest absolute Gasteiger partial charge is 0.326 e. The van der Waals surface area contributed by atoms with Gasteiger partial charge in [-0.25, -0.2) is 4.79 Å². The van der Waals surface area contributed by atoms with Crippen LogP contribution in [0.4, 0.5) is 0 Å². The molecule has 128 valence electrons. The summed E-state index contributed by atoms with van der Waals surface area (Å²) in [6.07, 6.45) is 0.293. The van der Waals surface area contributed by atoms with Crippen molar-refractivity contribution in [3.8, 4) is 0 Å². The molecule has 1 unspecified atom stereocenters. The zero-order chi connectivity index (χ0) is 17.4.